The number of nitrogens with one attached hydrogen (secondary N) is 1. The molecule has 5 rings (SSSR count). The van der Waals surface area contributed by atoms with Crippen molar-refractivity contribution >= 4 is 17.4 Å². The van der Waals surface area contributed by atoms with Gasteiger partial charge in [0.25, 0.3) is 11.7 Å². The zero-order valence-electron chi connectivity index (χ0n) is 21.2. The molecule has 2 fully saturated rings. The largest absolute Gasteiger partial charge is 0.573 e. The summed E-state index contributed by atoms with van der Waals surface area (Å²) in [6.45, 7) is 1.58. The lowest BCUT2D eigenvalue weighted by Crippen LogP contribution is -2.63. The predicted molar refractivity (Wildman–Crippen MR) is 139 cm³/mol. The molecule has 3 atom stereocenters. The number of anilines is 2. The Labute approximate surface area is 223 Å². The van der Waals surface area contributed by atoms with Gasteiger partial charge < -0.3 is 25.1 Å². The Bertz CT molecular complexity index is 1300. The molecule has 1 saturated carbocycles. The van der Waals surface area contributed by atoms with Gasteiger partial charge in [0, 0.05) is 48.1 Å². The van der Waals surface area contributed by atoms with E-state index in [1.54, 1.807) is 18.2 Å². The predicted octanol–water partition coefficient (Wildman–Crippen LogP) is 6.12. The van der Waals surface area contributed by atoms with Gasteiger partial charge >= 0.3 is 6.36 Å². The molecule has 9 nitrogen and oxygen atoms in total. The molecule has 39 heavy (non-hydrogen) atoms. The number of nitro groups is 1. The third-order valence-corrected chi connectivity index (χ3v) is 7.76. The number of ether oxygens (including phenoxy) is 1. The molecule has 3 N–H and O–H groups in total. The lowest BCUT2D eigenvalue weighted by Gasteiger charge is -2.50. The van der Waals surface area contributed by atoms with Gasteiger partial charge in [-0.25, -0.2) is 4.98 Å². The molecule has 1 saturated heterocycles. The normalized spacial score (nSPS) is 23.8. The molecule has 1 aromatic heterocycles. The number of oxazole rings is 1. The number of alkyl halides is 3. The zero-order valence-corrected chi connectivity index (χ0v) is 21.2. The minimum absolute atomic E-state index is 0.0593. The van der Waals surface area contributed by atoms with E-state index in [4.69, 9.17) is 10.2 Å². The van der Waals surface area contributed by atoms with Gasteiger partial charge in [-0.3, -0.25) is 10.1 Å². The summed E-state index contributed by atoms with van der Waals surface area (Å²) < 4.78 is 47.8. The number of aromatic nitrogens is 1. The highest BCUT2D eigenvalue weighted by molar-refractivity contribution is 5.60. The van der Waals surface area contributed by atoms with E-state index in [2.05, 4.69) is 19.9 Å². The Balaban J connectivity index is 1.30. The van der Waals surface area contributed by atoms with E-state index in [1.165, 1.54) is 36.5 Å². The zero-order chi connectivity index (χ0) is 27.6. The number of non-ortho nitro benzene ring substituents is 1. The Morgan fingerprint density at radius 2 is 1.95 bits per heavy atom. The number of benzene rings is 2. The number of rotatable bonds is 7. The van der Waals surface area contributed by atoms with Gasteiger partial charge in [-0.2, -0.15) is 0 Å². The fourth-order valence-corrected chi connectivity index (χ4v) is 5.82. The second-order valence-corrected chi connectivity index (χ2v) is 10.2. The van der Waals surface area contributed by atoms with Gasteiger partial charge in [0.2, 0.25) is 0 Å². The van der Waals surface area contributed by atoms with Crippen LogP contribution in [0.3, 0.4) is 0 Å². The van der Waals surface area contributed by atoms with Crippen molar-refractivity contribution in [2.45, 2.75) is 56.5 Å². The molecule has 12 heteroatoms. The quantitative estimate of drug-likeness (QED) is 0.269. The first-order valence-corrected chi connectivity index (χ1v) is 13.0. The third kappa shape index (κ3) is 6.11. The molecule has 208 valence electrons. The number of nitrogens with two attached hydrogens (primary N) is 1. The number of piperidine rings is 1. The number of hydrogen-bond donors (Lipinski definition) is 2. The minimum atomic E-state index is -4.79. The van der Waals surface area contributed by atoms with Crippen LogP contribution >= 0.6 is 0 Å². The fourth-order valence-electron chi connectivity index (χ4n) is 5.82. The van der Waals surface area contributed by atoms with Gasteiger partial charge in [-0.1, -0.05) is 25.0 Å². The van der Waals surface area contributed by atoms with Crippen LogP contribution in [0.15, 0.2) is 59.1 Å². The number of nitro benzene ring substituents is 1. The van der Waals surface area contributed by atoms with E-state index in [0.29, 0.717) is 11.3 Å². The smallest absolute Gasteiger partial charge is 0.424 e. The molecule has 2 aromatic carbocycles. The Hall–Kier alpha value is -3.80. The van der Waals surface area contributed by atoms with Crippen LogP contribution in [-0.4, -0.2) is 40.9 Å². The van der Waals surface area contributed by atoms with Crippen LogP contribution in [0.25, 0.3) is 11.3 Å². The highest BCUT2D eigenvalue weighted by Crippen LogP contribution is 2.40. The Kier molecular flexibility index (Phi) is 7.39. The number of hydrogen-bond acceptors (Lipinski definition) is 8. The minimum Gasteiger partial charge on any atom is -0.424 e. The van der Waals surface area contributed by atoms with Crippen molar-refractivity contribution < 1.29 is 27.2 Å². The SMILES string of the molecule is NC1(C2CCCN(c3ccc([N+](=O)[O-])cc3)C2)CCCCC1Nc1ncc(-c2cccc(OC(F)(F)F)c2)o1. The van der Waals surface area contributed by atoms with Crippen LogP contribution in [0.1, 0.15) is 38.5 Å². The molecule has 0 bridgehead atoms. The summed E-state index contributed by atoms with van der Waals surface area (Å²) in [6.07, 6.45) is 2.25. The number of halogens is 3. The average molecular weight is 546 g/mol. The lowest BCUT2D eigenvalue weighted by molar-refractivity contribution is -0.384. The molecular weight excluding hydrogens is 515 g/mol. The van der Waals surface area contributed by atoms with Crippen LogP contribution in [0.2, 0.25) is 0 Å². The van der Waals surface area contributed by atoms with Crippen LogP contribution in [-0.2, 0) is 0 Å². The molecular formula is C27H30F3N5O4. The molecule has 2 heterocycles. The summed E-state index contributed by atoms with van der Waals surface area (Å²) in [5.41, 5.74) is 8.02. The standard InChI is InChI=1S/C27H30F3N5O4/c28-27(29,30)39-22-7-3-5-18(15-22)23-16-32-25(38-23)33-24-8-1-2-13-26(24,31)19-6-4-14-34(17-19)20-9-11-21(12-10-20)35(36)37/h3,5,7,9-12,15-16,19,24H,1-2,4,6,8,13-14,17,31H2,(H,32,33). The van der Waals surface area contributed by atoms with Crippen LogP contribution in [0, 0.1) is 16.0 Å². The van der Waals surface area contributed by atoms with Crippen LogP contribution < -0.4 is 20.7 Å². The van der Waals surface area contributed by atoms with Gasteiger partial charge in [-0.05, 0) is 55.9 Å². The van der Waals surface area contributed by atoms with Crippen molar-refractivity contribution in [1.82, 2.24) is 4.98 Å². The van der Waals surface area contributed by atoms with E-state index in [0.717, 1.165) is 57.3 Å². The van der Waals surface area contributed by atoms with E-state index in [-0.39, 0.29) is 29.4 Å². The van der Waals surface area contributed by atoms with Crippen LogP contribution in [0.4, 0.5) is 30.6 Å². The maximum absolute atomic E-state index is 12.6. The first-order valence-electron chi connectivity index (χ1n) is 13.0. The summed E-state index contributed by atoms with van der Waals surface area (Å²) in [5.74, 6) is 0.143. The Morgan fingerprint density at radius 1 is 1.15 bits per heavy atom. The maximum atomic E-state index is 12.6. The monoisotopic (exact) mass is 545 g/mol. The van der Waals surface area contributed by atoms with Crippen molar-refractivity contribution in [3.05, 3.63) is 64.8 Å². The lowest BCUT2D eigenvalue weighted by atomic mass is 9.67. The summed E-state index contributed by atoms with van der Waals surface area (Å²) >= 11 is 0. The topological polar surface area (TPSA) is 120 Å². The van der Waals surface area contributed by atoms with Crippen molar-refractivity contribution in [3.63, 3.8) is 0 Å². The van der Waals surface area contributed by atoms with Gasteiger partial charge in [0.1, 0.15) is 5.75 Å². The molecule has 1 aliphatic carbocycles. The summed E-state index contributed by atoms with van der Waals surface area (Å²) in [4.78, 5) is 17.2. The van der Waals surface area contributed by atoms with Crippen molar-refractivity contribution in [2.24, 2.45) is 11.7 Å². The van der Waals surface area contributed by atoms with Gasteiger partial charge in [0.15, 0.2) is 5.76 Å². The summed E-state index contributed by atoms with van der Waals surface area (Å²) in [6, 6.07) is 12.3. The highest BCUT2D eigenvalue weighted by atomic mass is 19.4. The Morgan fingerprint density at radius 3 is 2.69 bits per heavy atom. The summed E-state index contributed by atoms with van der Waals surface area (Å²) in [5, 5.41) is 14.4. The first kappa shape index (κ1) is 26.8. The number of nitrogens with zero attached hydrogens (tertiary/aromatic N) is 3. The van der Waals surface area contributed by atoms with Gasteiger partial charge in [-0.15, -0.1) is 13.2 Å². The fraction of sp³-hybridized carbons (Fsp3) is 0.444. The van der Waals surface area contributed by atoms with E-state index in [1.807, 2.05) is 0 Å². The van der Waals surface area contributed by atoms with E-state index < -0.39 is 16.8 Å². The second-order valence-electron chi connectivity index (χ2n) is 10.2. The molecule has 0 spiro atoms. The maximum Gasteiger partial charge on any atom is 0.573 e. The van der Waals surface area contributed by atoms with Crippen LogP contribution in [0.5, 0.6) is 5.75 Å². The second kappa shape index (κ2) is 10.8. The molecule has 3 aromatic rings. The highest BCUT2D eigenvalue weighted by Gasteiger charge is 2.45. The van der Waals surface area contributed by atoms with E-state index in [9.17, 15) is 23.3 Å². The van der Waals surface area contributed by atoms with Crippen molar-refractivity contribution in [1.29, 1.82) is 0 Å². The van der Waals surface area contributed by atoms with Crippen molar-refractivity contribution in [2.75, 3.05) is 23.3 Å². The molecule has 2 aliphatic rings. The third-order valence-electron chi connectivity index (χ3n) is 7.76. The van der Waals surface area contributed by atoms with E-state index >= 15 is 0 Å². The van der Waals surface area contributed by atoms with Crippen molar-refractivity contribution in [3.8, 4) is 17.1 Å². The molecule has 3 unspecified atom stereocenters. The molecule has 0 radical (unpaired) electrons. The molecule has 1 aliphatic heterocycles. The molecule has 0 amide bonds. The summed E-state index contributed by atoms with van der Waals surface area (Å²) in [7, 11) is 0. The van der Waals surface area contributed by atoms with Gasteiger partial charge in [0.05, 0.1) is 11.1 Å². The first-order chi connectivity index (χ1) is 18.6. The average Bonchev–Trinajstić information content (AvgIpc) is 3.38.